The predicted octanol–water partition coefficient (Wildman–Crippen LogP) is 20.4. The summed E-state index contributed by atoms with van der Waals surface area (Å²) in [6.07, 6.45) is 13.6. The molecule has 0 spiro atoms. The Labute approximate surface area is 807 Å². The number of aliphatic carboxylic acids is 1. The van der Waals surface area contributed by atoms with E-state index in [0.717, 1.165) is 106 Å². The maximum atomic E-state index is 13.4. The van der Waals surface area contributed by atoms with Crippen LogP contribution in [0.1, 0.15) is 188 Å². The average molecular weight is 1890 g/mol. The number of nitrogens with zero attached hydrogens (tertiary/aromatic N) is 8. The van der Waals surface area contributed by atoms with Crippen LogP contribution in [0.5, 0.6) is 0 Å². The van der Waals surface area contributed by atoms with Crippen LogP contribution in [-0.2, 0) is 78.9 Å². The fraction of sp³-hybridized carbons (Fsp3) is 0.288. The number of aromatic carboxylic acids is 3. The molecule has 12 aromatic rings. The number of carboxylic acid groups (broad SMARTS) is 4. The molecule has 0 aliphatic carbocycles. The number of rotatable bonds is 44. The Kier molecular flexibility index (Phi) is 41.6. The van der Waals surface area contributed by atoms with Crippen molar-refractivity contribution >= 4 is 59.7 Å². The molecule has 4 atom stereocenters. The number of ether oxygens (including phenoxy) is 1. The summed E-state index contributed by atoms with van der Waals surface area (Å²) in [7, 11) is 1.28. The van der Waals surface area contributed by atoms with Crippen LogP contribution >= 0.6 is 0 Å². The number of carbonyl (C=O) groups is 9. The average Bonchev–Trinajstić information content (AvgIpc) is 1.55. The van der Waals surface area contributed by atoms with E-state index in [1.165, 1.54) is 71.5 Å². The monoisotopic (exact) mass is 1890 g/mol. The molecule has 0 radical (unpaired) electrons. The molecule has 0 fully saturated rings. The molecular weight excluding hydrogens is 1770 g/mol. The van der Waals surface area contributed by atoms with E-state index in [4.69, 9.17) is 4.74 Å². The van der Waals surface area contributed by atoms with Crippen LogP contribution in [0.2, 0.25) is 0 Å². The van der Waals surface area contributed by atoms with Gasteiger partial charge in [0.25, 0.3) is 0 Å². The molecule has 0 saturated heterocycles. The second kappa shape index (κ2) is 54.5. The van der Waals surface area contributed by atoms with E-state index in [1.807, 2.05) is 131 Å². The smallest absolute Gasteiger partial charge is 0.336 e. The number of esters is 1. The van der Waals surface area contributed by atoms with Gasteiger partial charge < -0.3 is 55.0 Å². The molecule has 2 heterocycles. The van der Waals surface area contributed by atoms with Gasteiger partial charge in [-0.1, -0.05) is 272 Å². The topological polar surface area (TPSA) is 364 Å². The van der Waals surface area contributed by atoms with Crippen molar-refractivity contribution in [2.45, 2.75) is 187 Å². The predicted molar refractivity (Wildman–Crippen MR) is 527 cm³/mol. The van der Waals surface area contributed by atoms with Gasteiger partial charge in [0.05, 0.1) is 49.1 Å². The number of methoxy groups -OCH3 is 1. The minimum atomic E-state index is -1.13. The number of aliphatic hydroxyl groups is 2. The van der Waals surface area contributed by atoms with Crippen LogP contribution < -0.4 is 0 Å². The van der Waals surface area contributed by atoms with Crippen LogP contribution in [0.4, 0.5) is 13.2 Å². The molecule has 0 bridgehead atoms. The number of aliphatic hydroxyl groups excluding tert-OH is 2. The molecular formula is C111H118F3N9O16. The molecule has 1 aliphatic heterocycles. The molecule has 28 heteroatoms. The van der Waals surface area contributed by atoms with Gasteiger partial charge in [0.15, 0.2) is 0 Å². The lowest BCUT2D eigenvalue weighted by Crippen LogP contribution is -2.46. The molecule has 4 amide bonds. The number of H-pyrrole nitrogens is 1. The number of unbranched alkanes of at least 4 members (excludes halogenated alkanes) is 4. The first kappa shape index (κ1) is 106. The summed E-state index contributed by atoms with van der Waals surface area (Å²) >= 11 is 0. The Morgan fingerprint density at radius 1 is 0.367 bits per heavy atom. The largest absolute Gasteiger partial charge is 0.480 e. The zero-order chi connectivity index (χ0) is 99.7. The van der Waals surface area contributed by atoms with Gasteiger partial charge in [-0.15, -0.1) is 10.2 Å². The number of hydrogen-bond donors (Lipinski definition) is 7. The van der Waals surface area contributed by atoms with Crippen molar-refractivity contribution in [3.8, 4) is 55.9 Å². The summed E-state index contributed by atoms with van der Waals surface area (Å²) in [5, 5.41) is 73.0. The Balaban J connectivity index is 0.000000191. The maximum Gasteiger partial charge on any atom is 0.336 e. The first-order valence-corrected chi connectivity index (χ1v) is 46.6. The third kappa shape index (κ3) is 31.4. The highest BCUT2D eigenvalue weighted by Gasteiger charge is 2.34. The van der Waals surface area contributed by atoms with Crippen LogP contribution in [0.15, 0.2) is 284 Å². The van der Waals surface area contributed by atoms with Gasteiger partial charge in [0.1, 0.15) is 29.5 Å². The van der Waals surface area contributed by atoms with E-state index < -0.39 is 53.8 Å². The number of amides is 4. The fourth-order valence-corrected chi connectivity index (χ4v) is 16.1. The van der Waals surface area contributed by atoms with Crippen LogP contribution in [0.25, 0.3) is 55.9 Å². The number of aliphatic imine (C=N–C) groups is 1. The van der Waals surface area contributed by atoms with E-state index >= 15 is 0 Å². The van der Waals surface area contributed by atoms with E-state index in [9.17, 15) is 87.0 Å². The Morgan fingerprint density at radius 3 is 0.986 bits per heavy atom. The third-order valence-corrected chi connectivity index (χ3v) is 23.8. The van der Waals surface area contributed by atoms with Gasteiger partial charge in [-0.05, 0) is 175 Å². The molecule has 11 aromatic carbocycles. The Hall–Kier alpha value is -15.2. The van der Waals surface area contributed by atoms with Gasteiger partial charge in [0, 0.05) is 95.0 Å². The number of halogens is 3. The molecule has 1 aliphatic rings. The third-order valence-electron chi connectivity index (χ3n) is 23.8. The second-order valence-corrected chi connectivity index (χ2v) is 33.6. The molecule has 3 unspecified atom stereocenters. The van der Waals surface area contributed by atoms with E-state index in [2.05, 4.69) is 25.6 Å². The van der Waals surface area contributed by atoms with Crippen molar-refractivity contribution in [2.24, 2.45) is 4.99 Å². The summed E-state index contributed by atoms with van der Waals surface area (Å²) in [5.74, 6) is -5.67. The van der Waals surface area contributed by atoms with E-state index in [0.29, 0.717) is 90.8 Å². The summed E-state index contributed by atoms with van der Waals surface area (Å²) < 4.78 is 45.1. The number of aromatic nitrogens is 4. The van der Waals surface area contributed by atoms with Gasteiger partial charge in [0.2, 0.25) is 29.5 Å². The molecule has 7 N–H and O–H groups in total. The summed E-state index contributed by atoms with van der Waals surface area (Å²) in [6, 6.07) is 73.0. The number of allylic oxidation sites excluding steroid dienone is 1. The number of hydrogen-bond acceptors (Lipinski definition) is 16. The van der Waals surface area contributed by atoms with Gasteiger partial charge in [-0.3, -0.25) is 24.2 Å². The van der Waals surface area contributed by atoms with E-state index in [-0.39, 0.29) is 110 Å². The first-order valence-electron chi connectivity index (χ1n) is 46.6. The fourth-order valence-electron chi connectivity index (χ4n) is 16.1. The molecule has 724 valence electrons. The van der Waals surface area contributed by atoms with Gasteiger partial charge >= 0.3 is 29.8 Å². The normalized spacial score (nSPS) is 12.1. The lowest BCUT2D eigenvalue weighted by molar-refractivity contribution is -0.153. The maximum absolute atomic E-state index is 13.4. The van der Waals surface area contributed by atoms with Crippen molar-refractivity contribution in [3.63, 3.8) is 0 Å². The second-order valence-electron chi connectivity index (χ2n) is 33.6. The van der Waals surface area contributed by atoms with Crippen molar-refractivity contribution in [1.29, 1.82) is 0 Å². The van der Waals surface area contributed by atoms with Crippen molar-refractivity contribution in [3.05, 3.63) is 352 Å². The Morgan fingerprint density at radius 2 is 0.669 bits per heavy atom. The molecule has 1 aromatic heterocycles. The number of tetrazole rings is 1. The number of carbonyl (C=O) groups excluding carboxylic acids is 5. The number of nitrogens with one attached hydrogen (secondary N) is 1. The van der Waals surface area contributed by atoms with Crippen molar-refractivity contribution < 1.29 is 91.7 Å². The van der Waals surface area contributed by atoms with Gasteiger partial charge in [-0.2, -0.15) is 5.21 Å². The molecule has 25 nitrogen and oxygen atoms in total. The lowest BCUT2D eigenvalue weighted by Gasteiger charge is -2.31. The standard InChI is InChI=1S/C29H30FNO5.C28H30FN5O2.C28H28FNO5.C26H30N2O4/c1-3-4-9-27(32)31(26(29(35)36-2)18-20-12-16-23(30)17-13-20)19-21-10-14-22(15-11-21)24-7-5-6-8-25(24)28(33)34;1-2-3-8-27(36)34(24(19-35)17-20-11-15-23(29)16-12-20)18-21-9-13-22(14-10-21)25-6-4-5-7-26(25)28-30-32-33-31-28;1-2-3-8-26(31)30(25(28(34)35)17-19-11-15-22(29)16-12-19)18-20-9-13-21(14-10-20)23-6-4-5-7-24(23)27(32)33;1-2-3-10-25(30)28(22(18-29)16-21-7-6-15-27-21)17-19-11-13-20(14-12-19)23-8-4-5-9-24(23)26(31)32/h5-8,10-17,26H,3-4,9,18-19H2,1-2H3,(H,33,34);4-7,9-16,24,35H,2-3,8,17-19H2,1H3,(H,30,31,32,33);4-7,9-16,25H,2-3,8,17-18H2,1H3,(H,32,33)(H,34,35);4-5,7-9,11-15,22,29H,2-3,6,10,16-18H2,1H3,(H,31,32)/t;;;22-/m...0/s1. The highest BCUT2D eigenvalue weighted by atomic mass is 19.1. The van der Waals surface area contributed by atoms with Crippen molar-refractivity contribution in [1.82, 2.24) is 40.2 Å². The highest BCUT2D eigenvalue weighted by Crippen LogP contribution is 2.34. The highest BCUT2D eigenvalue weighted by molar-refractivity contribution is 5.98. The van der Waals surface area contributed by atoms with Gasteiger partial charge in [-0.25, -0.2) is 37.1 Å². The zero-order valence-electron chi connectivity index (χ0n) is 78.6. The molecule has 13 rings (SSSR count). The zero-order valence-corrected chi connectivity index (χ0v) is 78.6. The summed E-state index contributed by atoms with van der Waals surface area (Å²) in [6.45, 7) is 8.75. The van der Waals surface area contributed by atoms with Crippen LogP contribution in [0, 0.1) is 17.5 Å². The summed E-state index contributed by atoms with van der Waals surface area (Å²) in [4.78, 5) is 123. The molecule has 0 saturated carbocycles. The minimum Gasteiger partial charge on any atom is -0.480 e. The number of carboxylic acids is 4. The SMILES string of the molecule is CCCCC(=O)N(Cc1ccc(-c2ccccc2-c2nn[nH]n2)cc1)C(CO)Cc1ccc(F)cc1.CCCCC(=O)N(Cc1ccc(-c2ccccc2C(=O)O)cc1)C(Cc1ccc(F)cc1)C(=O)O.CCCCC(=O)N(Cc1ccc(-c2ccccc2C(=O)O)cc1)C(Cc1ccc(F)cc1)C(=O)OC.CCCCC(=O)N(Cc1ccc(-c2ccccc2C(=O)O)cc1)[C@H](CO)CC1=CCC=N1. The lowest BCUT2D eigenvalue weighted by atomic mass is 9.98. The van der Waals surface area contributed by atoms with Crippen LogP contribution in [0.3, 0.4) is 0 Å². The minimum absolute atomic E-state index is 0.00420. The van der Waals surface area contributed by atoms with Crippen LogP contribution in [-0.4, -0.2) is 175 Å². The quantitative estimate of drug-likeness (QED) is 0.0174. The Bertz CT molecular complexity index is 6090. The van der Waals surface area contributed by atoms with E-state index in [1.54, 1.807) is 131 Å². The first-order chi connectivity index (χ1) is 67.2. The number of aromatic amines is 1. The van der Waals surface area contributed by atoms with Crippen molar-refractivity contribution in [2.75, 3.05) is 20.3 Å². The summed E-state index contributed by atoms with van der Waals surface area (Å²) in [5.41, 5.74) is 14.0. The molecule has 139 heavy (non-hydrogen) atoms. The number of benzene rings is 11.